The second-order valence-corrected chi connectivity index (χ2v) is 11.5. The molecule has 0 radical (unpaired) electrons. The predicted octanol–water partition coefficient (Wildman–Crippen LogP) is 4.40. The third-order valence-electron chi connectivity index (χ3n) is 6.90. The van der Waals surface area contributed by atoms with E-state index in [1.54, 1.807) is 48.5 Å². The fraction of sp³-hybridized carbons (Fsp3) is 0.172. The summed E-state index contributed by atoms with van der Waals surface area (Å²) < 4.78 is 24.3. The Kier molecular flexibility index (Phi) is 7.10. The smallest absolute Gasteiger partial charge is 0.305 e. The van der Waals surface area contributed by atoms with E-state index in [0.717, 1.165) is 11.3 Å². The molecule has 0 saturated carbocycles. The van der Waals surface area contributed by atoms with E-state index in [9.17, 15) is 23.6 Å². The van der Waals surface area contributed by atoms with Gasteiger partial charge in [0.15, 0.2) is 6.61 Å². The molecule has 12 heteroatoms. The van der Waals surface area contributed by atoms with Crippen LogP contribution in [0.4, 0.5) is 15.8 Å². The molecule has 2 aliphatic rings. The van der Waals surface area contributed by atoms with Crippen LogP contribution >= 0.6 is 23.1 Å². The Hall–Kier alpha value is -4.42. The SMILES string of the molecule is COc1ccc(N2C(=O)C3Sc4[nH]c(=O)sc4C(c4ccccc4OCC(=O)Nc4ccc(F)cc4)C3C2=O)cc1. The van der Waals surface area contributed by atoms with Gasteiger partial charge in [-0.1, -0.05) is 41.3 Å². The van der Waals surface area contributed by atoms with Crippen molar-refractivity contribution in [2.45, 2.75) is 16.2 Å². The molecule has 208 valence electrons. The van der Waals surface area contributed by atoms with Crippen LogP contribution in [0, 0.1) is 11.7 Å². The van der Waals surface area contributed by atoms with Gasteiger partial charge in [0.25, 0.3) is 5.91 Å². The number of thiazole rings is 1. The van der Waals surface area contributed by atoms with Gasteiger partial charge in [-0.05, 0) is 54.6 Å². The lowest BCUT2D eigenvalue weighted by atomic mass is 9.82. The van der Waals surface area contributed by atoms with E-state index in [1.807, 2.05) is 0 Å². The first-order valence-corrected chi connectivity index (χ1v) is 14.2. The summed E-state index contributed by atoms with van der Waals surface area (Å²) in [6, 6.07) is 19.0. The zero-order chi connectivity index (χ0) is 28.7. The van der Waals surface area contributed by atoms with Crippen LogP contribution in [-0.4, -0.2) is 41.7 Å². The minimum absolute atomic E-state index is 0.295. The molecule has 4 aromatic rings. The zero-order valence-electron chi connectivity index (χ0n) is 21.5. The normalized spacial score (nSPS) is 19.5. The molecule has 0 spiro atoms. The van der Waals surface area contributed by atoms with Crippen molar-refractivity contribution in [3.8, 4) is 11.5 Å². The van der Waals surface area contributed by atoms with Crippen molar-refractivity contribution >= 4 is 52.2 Å². The second kappa shape index (κ2) is 10.9. The largest absolute Gasteiger partial charge is 0.497 e. The highest BCUT2D eigenvalue weighted by molar-refractivity contribution is 8.00. The number of carbonyl (C=O) groups excluding carboxylic acids is 3. The Morgan fingerprint density at radius 2 is 1.73 bits per heavy atom. The van der Waals surface area contributed by atoms with Gasteiger partial charge in [0.1, 0.15) is 22.6 Å². The number of rotatable bonds is 7. The van der Waals surface area contributed by atoms with Gasteiger partial charge in [-0.3, -0.25) is 19.2 Å². The minimum atomic E-state index is -0.814. The topological polar surface area (TPSA) is 118 Å². The maximum Gasteiger partial charge on any atom is 0.305 e. The van der Waals surface area contributed by atoms with Gasteiger partial charge < -0.3 is 19.8 Å². The highest BCUT2D eigenvalue weighted by Gasteiger charge is 2.56. The van der Waals surface area contributed by atoms with Crippen molar-refractivity contribution in [2.75, 3.05) is 23.9 Å². The van der Waals surface area contributed by atoms with E-state index >= 15 is 0 Å². The average Bonchev–Trinajstić information content (AvgIpc) is 3.47. The molecule has 2 aliphatic heterocycles. The maximum absolute atomic E-state index is 14.0. The summed E-state index contributed by atoms with van der Waals surface area (Å²) in [6.45, 7) is -0.356. The lowest BCUT2D eigenvalue weighted by Crippen LogP contribution is -2.32. The maximum atomic E-state index is 14.0. The van der Waals surface area contributed by atoms with Gasteiger partial charge in [-0.25, -0.2) is 9.29 Å². The fourth-order valence-corrected chi connectivity index (χ4v) is 7.59. The van der Waals surface area contributed by atoms with Crippen molar-refractivity contribution in [1.82, 2.24) is 4.98 Å². The Morgan fingerprint density at radius 3 is 2.46 bits per heavy atom. The van der Waals surface area contributed by atoms with E-state index < -0.39 is 34.7 Å². The molecule has 41 heavy (non-hydrogen) atoms. The molecule has 0 aliphatic carbocycles. The molecule has 3 atom stereocenters. The quantitative estimate of drug-likeness (QED) is 0.306. The molecular formula is C29H22FN3O6S2. The molecule has 2 N–H and O–H groups in total. The monoisotopic (exact) mass is 591 g/mol. The van der Waals surface area contributed by atoms with Crippen molar-refractivity contribution in [3.05, 3.63) is 98.7 Å². The number of aromatic nitrogens is 1. The van der Waals surface area contributed by atoms with Gasteiger partial charge in [-0.15, -0.1) is 0 Å². The van der Waals surface area contributed by atoms with Crippen LogP contribution < -0.4 is 24.6 Å². The number of imide groups is 1. The number of methoxy groups -OCH3 is 1. The number of para-hydroxylation sites is 1. The number of nitrogens with one attached hydrogen (secondary N) is 2. The Balaban J connectivity index is 1.33. The van der Waals surface area contributed by atoms with Gasteiger partial charge in [0.05, 0.1) is 23.7 Å². The third kappa shape index (κ3) is 5.00. The molecular weight excluding hydrogens is 569 g/mol. The molecule has 0 bridgehead atoms. The summed E-state index contributed by atoms with van der Waals surface area (Å²) in [5, 5.41) is 2.41. The van der Waals surface area contributed by atoms with Gasteiger partial charge in [-0.2, -0.15) is 0 Å². The number of fused-ring (bicyclic) bond motifs is 2. The van der Waals surface area contributed by atoms with Gasteiger partial charge in [0.2, 0.25) is 11.8 Å². The van der Waals surface area contributed by atoms with E-state index in [4.69, 9.17) is 9.47 Å². The number of ether oxygens (including phenoxy) is 2. The highest BCUT2D eigenvalue weighted by Crippen LogP contribution is 2.54. The van der Waals surface area contributed by atoms with Crippen LogP contribution in [0.25, 0.3) is 0 Å². The number of hydrogen-bond acceptors (Lipinski definition) is 8. The van der Waals surface area contributed by atoms with Crippen LogP contribution in [0.1, 0.15) is 16.4 Å². The Morgan fingerprint density at radius 1 is 1.00 bits per heavy atom. The van der Waals surface area contributed by atoms with Crippen LogP contribution in [0.3, 0.4) is 0 Å². The van der Waals surface area contributed by atoms with E-state index in [1.165, 1.54) is 48.0 Å². The standard InChI is InChI=1S/C29H22FN3O6S2/c1-38-18-12-10-17(11-13-18)33-27(35)23-22(24-26(32-29(37)41-24)40-25(23)28(33)36)19-4-2-3-5-20(19)39-14-21(34)31-16-8-6-15(30)7-9-16/h2-13,22-23,25H,14H2,1H3,(H,31,34)(H,32,37). The summed E-state index contributed by atoms with van der Waals surface area (Å²) >= 11 is 2.16. The van der Waals surface area contributed by atoms with Crippen LogP contribution in [0.5, 0.6) is 11.5 Å². The van der Waals surface area contributed by atoms with E-state index in [2.05, 4.69) is 10.3 Å². The molecule has 1 saturated heterocycles. The number of anilines is 2. The first-order valence-electron chi connectivity index (χ1n) is 12.5. The number of thioether (sulfide) groups is 1. The lowest BCUT2D eigenvalue weighted by Gasteiger charge is -2.30. The molecule has 3 amide bonds. The molecule has 9 nitrogen and oxygen atoms in total. The molecule has 6 rings (SSSR count). The van der Waals surface area contributed by atoms with Gasteiger partial charge >= 0.3 is 4.87 Å². The van der Waals surface area contributed by atoms with Crippen molar-refractivity contribution in [1.29, 1.82) is 0 Å². The average molecular weight is 592 g/mol. The summed E-state index contributed by atoms with van der Waals surface area (Å²) in [6.07, 6.45) is 0. The number of benzene rings is 3. The van der Waals surface area contributed by atoms with E-state index in [-0.39, 0.29) is 17.4 Å². The Labute approximate surface area is 241 Å². The lowest BCUT2D eigenvalue weighted by molar-refractivity contribution is -0.122. The molecule has 3 unspecified atom stereocenters. The van der Waals surface area contributed by atoms with Gasteiger partial charge in [0, 0.05) is 22.0 Å². The molecule has 1 fully saturated rings. The summed E-state index contributed by atoms with van der Waals surface area (Å²) in [7, 11) is 1.53. The highest BCUT2D eigenvalue weighted by atomic mass is 32.2. The minimum Gasteiger partial charge on any atom is -0.497 e. The number of nitrogens with zero attached hydrogens (tertiary/aromatic N) is 1. The zero-order valence-corrected chi connectivity index (χ0v) is 23.1. The van der Waals surface area contributed by atoms with Crippen molar-refractivity contribution < 1.29 is 28.2 Å². The number of hydrogen-bond donors (Lipinski definition) is 2. The number of carbonyl (C=O) groups is 3. The van der Waals surface area contributed by atoms with Crippen molar-refractivity contribution in [2.24, 2.45) is 5.92 Å². The number of halogens is 1. The van der Waals surface area contributed by atoms with Crippen molar-refractivity contribution in [3.63, 3.8) is 0 Å². The predicted molar refractivity (Wildman–Crippen MR) is 152 cm³/mol. The molecule has 3 heterocycles. The third-order valence-corrected chi connectivity index (χ3v) is 9.30. The summed E-state index contributed by atoms with van der Waals surface area (Å²) in [5.74, 6) is -2.21. The Bertz CT molecular complexity index is 1700. The summed E-state index contributed by atoms with van der Waals surface area (Å²) in [5.41, 5.74) is 1.41. The number of aromatic amines is 1. The second-order valence-electron chi connectivity index (χ2n) is 9.34. The molecule has 1 aromatic heterocycles. The fourth-order valence-electron chi connectivity index (χ4n) is 5.08. The molecule has 3 aromatic carbocycles. The number of H-pyrrole nitrogens is 1. The first kappa shape index (κ1) is 26.8. The van der Waals surface area contributed by atoms with E-state index in [0.29, 0.717) is 38.3 Å². The van der Waals surface area contributed by atoms with Crippen LogP contribution in [0.2, 0.25) is 0 Å². The van der Waals surface area contributed by atoms with Crippen LogP contribution in [0.15, 0.2) is 82.6 Å². The summed E-state index contributed by atoms with van der Waals surface area (Å²) in [4.78, 5) is 56.9. The van der Waals surface area contributed by atoms with Crippen LogP contribution in [-0.2, 0) is 14.4 Å². The number of amides is 3. The first-order chi connectivity index (χ1) is 19.8.